The van der Waals surface area contributed by atoms with Crippen LogP contribution in [0.4, 0.5) is 0 Å². The first-order chi connectivity index (χ1) is 5.74. The molecule has 0 atom stereocenters. The lowest BCUT2D eigenvalue weighted by Gasteiger charge is -1.92. The molecule has 1 rings (SSSR count). The number of rotatable bonds is 4. The molecule has 0 aromatic rings. The Bertz CT molecular complexity index is 247. The fourth-order valence-electron chi connectivity index (χ4n) is 0.875. The minimum atomic E-state index is -0.396. The van der Waals surface area contributed by atoms with Crippen LogP contribution in [0.25, 0.3) is 0 Å². The normalized spacial score (nSPS) is 18.2. The van der Waals surface area contributed by atoms with Crippen LogP contribution in [-0.2, 0) is 4.79 Å². The Morgan fingerprint density at radius 1 is 1.50 bits per heavy atom. The summed E-state index contributed by atoms with van der Waals surface area (Å²) in [6.45, 7) is 3.51. The molecular weight excluding hydrogens is 150 g/mol. The predicted octanol–water partition coefficient (Wildman–Crippen LogP) is 1.55. The first kappa shape index (κ1) is 8.78. The Morgan fingerprint density at radius 2 is 2.17 bits per heavy atom. The molecule has 0 aromatic carbocycles. The molecule has 0 aromatic heterocycles. The monoisotopic (exact) mass is 163 g/mol. The molecule has 12 heavy (non-hydrogen) atoms. The summed E-state index contributed by atoms with van der Waals surface area (Å²) < 4.78 is 0. The van der Waals surface area contributed by atoms with Gasteiger partial charge < -0.3 is 5.73 Å². The van der Waals surface area contributed by atoms with Crippen molar-refractivity contribution in [3.63, 3.8) is 0 Å². The number of nitrogens with two attached hydrogens (primary N) is 1. The standard InChI is InChI=1S/C10H13NO/c1-2-3-9(10(11)12)7-6-8-4-5-8/h2-3,6-8H,1,4-5H2,(H2,11,12)/b7-6-,9-3+. The fraction of sp³-hybridized carbons (Fsp3) is 0.300. The van der Waals surface area contributed by atoms with Gasteiger partial charge in [0.25, 0.3) is 0 Å². The number of carbonyl (C=O) groups is 1. The zero-order chi connectivity index (χ0) is 8.97. The van der Waals surface area contributed by atoms with Crippen LogP contribution in [0, 0.1) is 5.92 Å². The van der Waals surface area contributed by atoms with Gasteiger partial charge in [-0.3, -0.25) is 4.79 Å². The molecular formula is C10H13NO. The zero-order valence-corrected chi connectivity index (χ0v) is 6.99. The van der Waals surface area contributed by atoms with Crippen molar-refractivity contribution in [2.45, 2.75) is 12.8 Å². The largest absolute Gasteiger partial charge is 0.366 e. The van der Waals surface area contributed by atoms with E-state index in [0.29, 0.717) is 11.5 Å². The van der Waals surface area contributed by atoms with Gasteiger partial charge in [-0.05, 0) is 18.8 Å². The second-order valence-corrected chi connectivity index (χ2v) is 2.92. The molecule has 1 aliphatic rings. The maximum atomic E-state index is 10.8. The Kier molecular flexibility index (Phi) is 2.86. The Hall–Kier alpha value is -1.31. The molecule has 0 radical (unpaired) electrons. The molecule has 2 heteroatoms. The lowest BCUT2D eigenvalue weighted by Crippen LogP contribution is -2.12. The highest BCUT2D eigenvalue weighted by molar-refractivity contribution is 5.95. The average molecular weight is 163 g/mol. The molecule has 64 valence electrons. The first-order valence-corrected chi connectivity index (χ1v) is 4.04. The summed E-state index contributed by atoms with van der Waals surface area (Å²) in [5, 5.41) is 0. The van der Waals surface area contributed by atoms with Crippen molar-refractivity contribution >= 4 is 5.91 Å². The van der Waals surface area contributed by atoms with Crippen LogP contribution in [0.15, 0.2) is 36.5 Å². The third-order valence-electron chi connectivity index (χ3n) is 1.75. The van der Waals surface area contributed by atoms with Crippen molar-refractivity contribution in [2.75, 3.05) is 0 Å². The van der Waals surface area contributed by atoms with Crippen LogP contribution in [-0.4, -0.2) is 5.91 Å². The van der Waals surface area contributed by atoms with E-state index in [4.69, 9.17) is 5.73 Å². The van der Waals surface area contributed by atoms with E-state index in [9.17, 15) is 4.79 Å². The highest BCUT2D eigenvalue weighted by atomic mass is 16.1. The van der Waals surface area contributed by atoms with Crippen LogP contribution in [0.2, 0.25) is 0 Å². The summed E-state index contributed by atoms with van der Waals surface area (Å²) in [5.74, 6) is 0.268. The first-order valence-electron chi connectivity index (χ1n) is 4.04. The Labute approximate surface area is 72.5 Å². The number of allylic oxidation sites excluding steroid dienone is 3. The van der Waals surface area contributed by atoms with E-state index in [2.05, 4.69) is 6.58 Å². The molecule has 0 unspecified atom stereocenters. The lowest BCUT2D eigenvalue weighted by atomic mass is 10.2. The van der Waals surface area contributed by atoms with Gasteiger partial charge in [-0.1, -0.05) is 30.9 Å². The lowest BCUT2D eigenvalue weighted by molar-refractivity contribution is -0.114. The summed E-state index contributed by atoms with van der Waals surface area (Å²) in [6, 6.07) is 0. The van der Waals surface area contributed by atoms with Crippen LogP contribution >= 0.6 is 0 Å². The quantitative estimate of drug-likeness (QED) is 0.496. The number of amides is 1. The summed E-state index contributed by atoms with van der Waals surface area (Å²) in [5.41, 5.74) is 5.65. The van der Waals surface area contributed by atoms with Crippen LogP contribution in [0.3, 0.4) is 0 Å². The van der Waals surface area contributed by atoms with Crippen molar-refractivity contribution < 1.29 is 4.79 Å². The molecule has 1 amide bonds. The number of hydrogen-bond acceptors (Lipinski definition) is 1. The average Bonchev–Trinajstić information content (AvgIpc) is 2.80. The fourth-order valence-corrected chi connectivity index (χ4v) is 0.875. The molecule has 2 nitrogen and oxygen atoms in total. The SMILES string of the molecule is C=C/C=C(\C=C/C1CC1)C(N)=O. The van der Waals surface area contributed by atoms with Gasteiger partial charge in [0.05, 0.1) is 0 Å². The van der Waals surface area contributed by atoms with Gasteiger partial charge in [0.1, 0.15) is 0 Å². The van der Waals surface area contributed by atoms with E-state index in [0.717, 1.165) is 0 Å². The molecule has 1 aliphatic carbocycles. The highest BCUT2D eigenvalue weighted by Gasteiger charge is 2.17. The second-order valence-electron chi connectivity index (χ2n) is 2.92. The van der Waals surface area contributed by atoms with Crippen LogP contribution in [0.1, 0.15) is 12.8 Å². The van der Waals surface area contributed by atoms with E-state index in [1.165, 1.54) is 12.8 Å². The highest BCUT2D eigenvalue weighted by Crippen LogP contribution is 2.30. The number of carbonyl (C=O) groups excluding carboxylic acids is 1. The summed E-state index contributed by atoms with van der Waals surface area (Å²) >= 11 is 0. The van der Waals surface area contributed by atoms with E-state index in [-0.39, 0.29) is 0 Å². The van der Waals surface area contributed by atoms with Gasteiger partial charge in [0, 0.05) is 5.57 Å². The second kappa shape index (κ2) is 3.90. The van der Waals surface area contributed by atoms with Crippen molar-refractivity contribution in [1.82, 2.24) is 0 Å². The Morgan fingerprint density at radius 3 is 2.58 bits per heavy atom. The minimum absolute atomic E-state index is 0.396. The topological polar surface area (TPSA) is 43.1 Å². The van der Waals surface area contributed by atoms with E-state index in [1.54, 1.807) is 18.2 Å². The summed E-state index contributed by atoms with van der Waals surface area (Å²) in [4.78, 5) is 10.8. The molecule has 0 heterocycles. The van der Waals surface area contributed by atoms with Crippen molar-refractivity contribution in [3.8, 4) is 0 Å². The predicted molar refractivity (Wildman–Crippen MR) is 49.3 cm³/mol. The smallest absolute Gasteiger partial charge is 0.248 e. The molecule has 0 spiro atoms. The third kappa shape index (κ3) is 2.74. The molecule has 1 fully saturated rings. The molecule has 2 N–H and O–H groups in total. The molecule has 1 saturated carbocycles. The summed E-state index contributed by atoms with van der Waals surface area (Å²) in [6.07, 6.45) is 9.47. The molecule has 0 bridgehead atoms. The van der Waals surface area contributed by atoms with Gasteiger partial charge in [-0.25, -0.2) is 0 Å². The van der Waals surface area contributed by atoms with Gasteiger partial charge in [0.15, 0.2) is 0 Å². The maximum absolute atomic E-state index is 10.8. The van der Waals surface area contributed by atoms with Crippen LogP contribution < -0.4 is 5.73 Å². The number of primary amides is 1. The third-order valence-corrected chi connectivity index (χ3v) is 1.75. The van der Waals surface area contributed by atoms with Crippen molar-refractivity contribution in [2.24, 2.45) is 11.7 Å². The van der Waals surface area contributed by atoms with Gasteiger partial charge in [-0.2, -0.15) is 0 Å². The summed E-state index contributed by atoms with van der Waals surface area (Å²) in [7, 11) is 0. The zero-order valence-electron chi connectivity index (χ0n) is 6.99. The van der Waals surface area contributed by atoms with E-state index < -0.39 is 5.91 Å². The maximum Gasteiger partial charge on any atom is 0.248 e. The van der Waals surface area contributed by atoms with Gasteiger partial charge in [0.2, 0.25) is 5.91 Å². The van der Waals surface area contributed by atoms with E-state index in [1.807, 2.05) is 6.08 Å². The van der Waals surface area contributed by atoms with Crippen LogP contribution in [0.5, 0.6) is 0 Å². The number of hydrogen-bond donors (Lipinski definition) is 1. The van der Waals surface area contributed by atoms with Crippen molar-refractivity contribution in [1.29, 1.82) is 0 Å². The van der Waals surface area contributed by atoms with Gasteiger partial charge >= 0.3 is 0 Å². The molecule has 0 aliphatic heterocycles. The molecule has 0 saturated heterocycles. The van der Waals surface area contributed by atoms with Gasteiger partial charge in [-0.15, -0.1) is 0 Å². The minimum Gasteiger partial charge on any atom is -0.366 e. The van der Waals surface area contributed by atoms with E-state index >= 15 is 0 Å². The van der Waals surface area contributed by atoms with Crippen molar-refractivity contribution in [3.05, 3.63) is 36.5 Å². The Balaban J connectivity index is 2.58.